The van der Waals surface area contributed by atoms with Crippen molar-refractivity contribution in [3.8, 4) is 0 Å². The lowest BCUT2D eigenvalue weighted by atomic mass is 10.1. The van der Waals surface area contributed by atoms with Crippen LogP contribution in [0.25, 0.3) is 0 Å². The van der Waals surface area contributed by atoms with Crippen LogP contribution < -0.4 is 0 Å². The van der Waals surface area contributed by atoms with Crippen molar-refractivity contribution in [1.82, 2.24) is 15.0 Å². The maximum absolute atomic E-state index is 13.3. The molecule has 26 heavy (non-hydrogen) atoms. The van der Waals surface area contributed by atoms with Gasteiger partial charge in [-0.1, -0.05) is 17.3 Å². The van der Waals surface area contributed by atoms with Crippen LogP contribution in [0.2, 0.25) is 0 Å². The number of benzene rings is 1. The van der Waals surface area contributed by atoms with Crippen LogP contribution in [0.4, 0.5) is 4.39 Å². The lowest BCUT2D eigenvalue weighted by Gasteiger charge is -2.38. The molecule has 4 rings (SSSR count). The number of rotatable bonds is 5. The van der Waals surface area contributed by atoms with Gasteiger partial charge in [0.1, 0.15) is 29.9 Å². The number of carbonyl (C=O) groups excluding carboxylic acids is 2. The molecule has 0 spiro atoms. The topological polar surface area (TPSA) is 66.7 Å². The van der Waals surface area contributed by atoms with E-state index in [0.717, 1.165) is 18.6 Å². The second-order valence-electron chi connectivity index (χ2n) is 7.02. The molecular weight excluding hydrogens is 337 g/mol. The van der Waals surface area contributed by atoms with Gasteiger partial charge < -0.3 is 14.3 Å². The molecule has 0 unspecified atom stereocenters. The van der Waals surface area contributed by atoms with Crippen LogP contribution in [0, 0.1) is 5.82 Å². The summed E-state index contributed by atoms with van der Waals surface area (Å²) in [6.07, 6.45) is 2.22. The number of hydrogen-bond acceptors (Lipinski definition) is 4. The molecular formula is C19H20FN3O3. The third-order valence-electron chi connectivity index (χ3n) is 4.93. The van der Waals surface area contributed by atoms with E-state index in [1.54, 1.807) is 19.1 Å². The summed E-state index contributed by atoms with van der Waals surface area (Å²) in [5.41, 5.74) is 1.33. The first-order chi connectivity index (χ1) is 12.5. The van der Waals surface area contributed by atoms with Gasteiger partial charge in [-0.25, -0.2) is 4.39 Å². The van der Waals surface area contributed by atoms with Gasteiger partial charge in [-0.2, -0.15) is 0 Å². The lowest BCUT2D eigenvalue weighted by molar-refractivity contribution is -0.156. The second kappa shape index (κ2) is 6.55. The molecule has 1 aliphatic heterocycles. The van der Waals surface area contributed by atoms with Gasteiger partial charge in [-0.3, -0.25) is 9.59 Å². The van der Waals surface area contributed by atoms with E-state index in [0.29, 0.717) is 17.2 Å². The molecule has 136 valence electrons. The van der Waals surface area contributed by atoms with E-state index in [1.165, 1.54) is 21.9 Å². The zero-order valence-electron chi connectivity index (χ0n) is 14.5. The summed E-state index contributed by atoms with van der Waals surface area (Å²) in [5, 5.41) is 4.03. The van der Waals surface area contributed by atoms with E-state index in [1.807, 2.05) is 6.07 Å². The van der Waals surface area contributed by atoms with Crippen molar-refractivity contribution in [2.45, 2.75) is 44.8 Å². The highest BCUT2D eigenvalue weighted by Gasteiger charge is 2.37. The van der Waals surface area contributed by atoms with Gasteiger partial charge in [0, 0.05) is 18.5 Å². The van der Waals surface area contributed by atoms with E-state index in [2.05, 4.69) is 5.16 Å². The van der Waals surface area contributed by atoms with Gasteiger partial charge >= 0.3 is 0 Å². The number of nitrogens with zero attached hydrogens (tertiary/aromatic N) is 3. The Balaban J connectivity index is 1.44. The fourth-order valence-corrected chi connectivity index (χ4v) is 3.30. The van der Waals surface area contributed by atoms with E-state index < -0.39 is 6.04 Å². The molecule has 2 amide bonds. The van der Waals surface area contributed by atoms with Crippen LogP contribution in [-0.2, 0) is 22.7 Å². The molecule has 6 nitrogen and oxygen atoms in total. The summed E-state index contributed by atoms with van der Waals surface area (Å²) in [5.74, 6) is 0.653. The minimum atomic E-state index is -0.592. The van der Waals surface area contributed by atoms with E-state index >= 15 is 0 Å². The maximum Gasteiger partial charge on any atom is 0.245 e. The molecule has 7 heteroatoms. The van der Waals surface area contributed by atoms with Crippen LogP contribution in [0.15, 0.2) is 34.9 Å². The quantitative estimate of drug-likeness (QED) is 0.824. The average molecular weight is 357 g/mol. The molecule has 2 aliphatic rings. The molecule has 2 aromatic rings. The zero-order valence-corrected chi connectivity index (χ0v) is 14.5. The fraction of sp³-hybridized carbons (Fsp3) is 0.421. The molecule has 0 N–H and O–H groups in total. The lowest BCUT2D eigenvalue weighted by Crippen LogP contribution is -2.58. The summed E-state index contributed by atoms with van der Waals surface area (Å²) in [6, 6.07) is 7.35. The van der Waals surface area contributed by atoms with Crippen LogP contribution >= 0.6 is 0 Å². The average Bonchev–Trinajstić information content (AvgIpc) is 3.35. The highest BCUT2D eigenvalue weighted by atomic mass is 19.1. The van der Waals surface area contributed by atoms with Gasteiger partial charge in [0.2, 0.25) is 11.8 Å². The molecule has 1 saturated heterocycles. The van der Waals surface area contributed by atoms with Crippen molar-refractivity contribution in [3.63, 3.8) is 0 Å². The van der Waals surface area contributed by atoms with E-state index in [4.69, 9.17) is 4.52 Å². The minimum absolute atomic E-state index is 0.0208. The van der Waals surface area contributed by atoms with E-state index in [-0.39, 0.29) is 37.3 Å². The first kappa shape index (κ1) is 16.8. The Bertz CT molecular complexity index is 846. The van der Waals surface area contributed by atoms with Crippen molar-refractivity contribution in [2.75, 3.05) is 6.54 Å². The van der Waals surface area contributed by atoms with Crippen LogP contribution in [-0.4, -0.2) is 39.4 Å². The Labute approximate surface area is 150 Å². The Kier molecular flexibility index (Phi) is 4.22. The van der Waals surface area contributed by atoms with Crippen LogP contribution in [0.5, 0.6) is 0 Å². The van der Waals surface area contributed by atoms with Crippen molar-refractivity contribution in [1.29, 1.82) is 0 Å². The van der Waals surface area contributed by atoms with Crippen molar-refractivity contribution in [3.05, 3.63) is 53.2 Å². The van der Waals surface area contributed by atoms with Gasteiger partial charge in [0.25, 0.3) is 0 Å². The Morgan fingerprint density at radius 1 is 1.23 bits per heavy atom. The normalized spacial score (nSPS) is 20.8. The second-order valence-corrected chi connectivity index (χ2v) is 7.02. The number of piperazine rings is 1. The van der Waals surface area contributed by atoms with Crippen LogP contribution in [0.1, 0.15) is 42.7 Å². The largest absolute Gasteiger partial charge is 0.361 e. The molecule has 1 aliphatic carbocycles. The van der Waals surface area contributed by atoms with Crippen molar-refractivity contribution < 1.29 is 18.5 Å². The third-order valence-corrected chi connectivity index (χ3v) is 4.93. The molecule has 1 saturated carbocycles. The summed E-state index contributed by atoms with van der Waals surface area (Å²) >= 11 is 0. The highest BCUT2D eigenvalue weighted by molar-refractivity contribution is 5.94. The summed E-state index contributed by atoms with van der Waals surface area (Å²) in [4.78, 5) is 28.2. The smallest absolute Gasteiger partial charge is 0.245 e. The highest BCUT2D eigenvalue weighted by Crippen LogP contribution is 2.40. The summed E-state index contributed by atoms with van der Waals surface area (Å²) < 4.78 is 18.7. The van der Waals surface area contributed by atoms with Crippen molar-refractivity contribution in [2.24, 2.45) is 0 Å². The zero-order chi connectivity index (χ0) is 18.3. The third kappa shape index (κ3) is 3.34. The number of halogens is 1. The Hall–Kier alpha value is -2.70. The van der Waals surface area contributed by atoms with Gasteiger partial charge in [-0.05, 0) is 37.5 Å². The van der Waals surface area contributed by atoms with Gasteiger partial charge in [-0.15, -0.1) is 0 Å². The number of carbonyl (C=O) groups is 2. The van der Waals surface area contributed by atoms with Crippen molar-refractivity contribution >= 4 is 11.8 Å². The molecule has 2 fully saturated rings. The molecule has 0 radical (unpaired) electrons. The first-order valence-electron chi connectivity index (χ1n) is 8.79. The first-order valence-corrected chi connectivity index (χ1v) is 8.79. The number of amides is 2. The number of hydrogen-bond donors (Lipinski definition) is 0. The van der Waals surface area contributed by atoms with E-state index in [9.17, 15) is 14.0 Å². The molecule has 0 bridgehead atoms. The Morgan fingerprint density at radius 2 is 2.04 bits per heavy atom. The number of aromatic nitrogens is 1. The van der Waals surface area contributed by atoms with Gasteiger partial charge in [0.05, 0.1) is 6.54 Å². The monoisotopic (exact) mass is 357 g/mol. The molecule has 1 aromatic heterocycles. The fourth-order valence-electron chi connectivity index (χ4n) is 3.30. The predicted octanol–water partition coefficient (Wildman–Crippen LogP) is 2.45. The summed E-state index contributed by atoms with van der Waals surface area (Å²) in [7, 11) is 0. The standard InChI is InChI=1S/C19H20FN3O3/c1-12-19(25)22(9-13-3-2-4-15(20)7-13)11-18(24)23(12)10-16-8-17(26-21-16)14-5-6-14/h2-4,7-8,12,14H,5-6,9-11H2,1H3/t12-/m0/s1. The molecule has 2 heterocycles. The van der Waals surface area contributed by atoms with Gasteiger partial charge in [0.15, 0.2) is 0 Å². The maximum atomic E-state index is 13.3. The SMILES string of the molecule is C[C@H]1C(=O)N(Cc2cccc(F)c2)CC(=O)N1Cc1cc(C2CC2)on1. The Morgan fingerprint density at radius 3 is 2.77 bits per heavy atom. The predicted molar refractivity (Wildman–Crippen MR) is 90.3 cm³/mol. The molecule has 1 aromatic carbocycles. The summed E-state index contributed by atoms with van der Waals surface area (Å²) in [6.45, 7) is 2.17. The minimum Gasteiger partial charge on any atom is -0.361 e. The molecule has 1 atom stereocenters. The van der Waals surface area contributed by atoms with Crippen LogP contribution in [0.3, 0.4) is 0 Å².